The molecule has 0 radical (unpaired) electrons. The third-order valence-electron chi connectivity index (χ3n) is 2.64. The zero-order chi connectivity index (χ0) is 11.8. The summed E-state index contributed by atoms with van der Waals surface area (Å²) in [6.45, 7) is 7.76. The molecular formula is C13H23N3. The summed E-state index contributed by atoms with van der Waals surface area (Å²) in [5.74, 6) is 0.743. The van der Waals surface area contributed by atoms with Crippen LogP contribution in [0.25, 0.3) is 0 Å². The van der Waals surface area contributed by atoms with E-state index in [0.717, 1.165) is 31.0 Å². The molecule has 16 heavy (non-hydrogen) atoms. The molecule has 0 spiro atoms. The van der Waals surface area contributed by atoms with E-state index in [2.05, 4.69) is 36.1 Å². The Morgan fingerprint density at radius 1 is 1.31 bits per heavy atom. The third kappa shape index (κ3) is 4.71. The molecule has 1 atom stereocenters. The summed E-state index contributed by atoms with van der Waals surface area (Å²) >= 11 is 0. The number of rotatable bonds is 7. The Morgan fingerprint density at radius 3 is 2.69 bits per heavy atom. The second-order valence-corrected chi connectivity index (χ2v) is 4.61. The van der Waals surface area contributed by atoms with Crippen molar-refractivity contribution in [1.29, 1.82) is 0 Å². The molecule has 1 N–H and O–H groups in total. The second-order valence-electron chi connectivity index (χ2n) is 4.61. The Bertz CT molecular complexity index is 272. The SMILES string of the molecule is CCCNC(CCC(C)C)c1ccncn1. The van der Waals surface area contributed by atoms with E-state index in [-0.39, 0.29) is 0 Å². The van der Waals surface area contributed by atoms with E-state index >= 15 is 0 Å². The highest BCUT2D eigenvalue weighted by molar-refractivity contribution is 5.04. The van der Waals surface area contributed by atoms with Crippen LogP contribution in [0.1, 0.15) is 51.8 Å². The van der Waals surface area contributed by atoms with Gasteiger partial charge in [-0.2, -0.15) is 0 Å². The van der Waals surface area contributed by atoms with E-state index in [4.69, 9.17) is 0 Å². The molecule has 0 aliphatic carbocycles. The predicted octanol–water partition coefficient (Wildman–Crippen LogP) is 2.95. The van der Waals surface area contributed by atoms with Crippen molar-refractivity contribution >= 4 is 0 Å². The molecule has 0 bridgehead atoms. The molecule has 0 aliphatic heterocycles. The minimum Gasteiger partial charge on any atom is -0.309 e. The van der Waals surface area contributed by atoms with Crippen LogP contribution in [0, 0.1) is 5.92 Å². The minimum atomic E-state index is 0.380. The Labute approximate surface area is 98.7 Å². The number of hydrogen-bond acceptors (Lipinski definition) is 3. The maximum absolute atomic E-state index is 4.34. The summed E-state index contributed by atoms with van der Waals surface area (Å²) in [5.41, 5.74) is 1.11. The van der Waals surface area contributed by atoms with Gasteiger partial charge in [0.25, 0.3) is 0 Å². The fourth-order valence-corrected chi connectivity index (χ4v) is 1.68. The summed E-state index contributed by atoms with van der Waals surface area (Å²) < 4.78 is 0. The van der Waals surface area contributed by atoms with Crippen LogP contribution in [0.5, 0.6) is 0 Å². The van der Waals surface area contributed by atoms with Crippen molar-refractivity contribution in [2.75, 3.05) is 6.54 Å². The van der Waals surface area contributed by atoms with Crippen molar-refractivity contribution in [3.63, 3.8) is 0 Å². The molecule has 1 unspecified atom stereocenters. The quantitative estimate of drug-likeness (QED) is 0.769. The number of aromatic nitrogens is 2. The van der Waals surface area contributed by atoms with Gasteiger partial charge in [-0.25, -0.2) is 9.97 Å². The smallest absolute Gasteiger partial charge is 0.115 e. The second kappa shape index (κ2) is 7.34. The molecule has 90 valence electrons. The molecule has 1 aromatic rings. The minimum absolute atomic E-state index is 0.380. The average molecular weight is 221 g/mol. The van der Waals surface area contributed by atoms with E-state index in [1.165, 1.54) is 6.42 Å². The monoisotopic (exact) mass is 221 g/mol. The van der Waals surface area contributed by atoms with Crippen LogP contribution in [0.2, 0.25) is 0 Å². The molecular weight excluding hydrogens is 198 g/mol. The molecule has 3 heteroatoms. The van der Waals surface area contributed by atoms with Crippen molar-refractivity contribution in [3.05, 3.63) is 24.3 Å². The van der Waals surface area contributed by atoms with Gasteiger partial charge in [0.1, 0.15) is 6.33 Å². The Kier molecular flexibility index (Phi) is 6.01. The molecule has 3 nitrogen and oxygen atoms in total. The average Bonchev–Trinajstić information content (AvgIpc) is 2.30. The van der Waals surface area contributed by atoms with Gasteiger partial charge < -0.3 is 5.32 Å². The first-order valence-corrected chi connectivity index (χ1v) is 6.23. The summed E-state index contributed by atoms with van der Waals surface area (Å²) in [7, 11) is 0. The summed E-state index contributed by atoms with van der Waals surface area (Å²) in [5, 5.41) is 3.55. The lowest BCUT2D eigenvalue weighted by Crippen LogP contribution is -2.23. The lowest BCUT2D eigenvalue weighted by Gasteiger charge is -2.18. The zero-order valence-corrected chi connectivity index (χ0v) is 10.6. The van der Waals surface area contributed by atoms with E-state index < -0.39 is 0 Å². The van der Waals surface area contributed by atoms with Crippen molar-refractivity contribution in [2.24, 2.45) is 5.92 Å². The fraction of sp³-hybridized carbons (Fsp3) is 0.692. The zero-order valence-electron chi connectivity index (χ0n) is 10.6. The molecule has 0 saturated heterocycles. The summed E-state index contributed by atoms with van der Waals surface area (Å²) in [6, 6.07) is 2.39. The topological polar surface area (TPSA) is 37.8 Å². The Hall–Kier alpha value is -0.960. The van der Waals surface area contributed by atoms with Crippen LogP contribution in [-0.4, -0.2) is 16.5 Å². The predicted molar refractivity (Wildman–Crippen MR) is 67.1 cm³/mol. The molecule has 0 aliphatic rings. The largest absolute Gasteiger partial charge is 0.309 e. The van der Waals surface area contributed by atoms with Crippen molar-refractivity contribution in [3.8, 4) is 0 Å². The van der Waals surface area contributed by atoms with Crippen LogP contribution in [0.4, 0.5) is 0 Å². The first-order chi connectivity index (χ1) is 7.74. The number of nitrogens with zero attached hydrogens (tertiary/aromatic N) is 2. The number of nitrogens with one attached hydrogen (secondary N) is 1. The van der Waals surface area contributed by atoms with Gasteiger partial charge in [-0.15, -0.1) is 0 Å². The maximum Gasteiger partial charge on any atom is 0.115 e. The first kappa shape index (κ1) is 13.1. The van der Waals surface area contributed by atoms with Crippen LogP contribution >= 0.6 is 0 Å². The molecule has 0 saturated carbocycles. The van der Waals surface area contributed by atoms with Crippen LogP contribution in [0.3, 0.4) is 0 Å². The van der Waals surface area contributed by atoms with Crippen LogP contribution in [0.15, 0.2) is 18.6 Å². The van der Waals surface area contributed by atoms with Crippen molar-refractivity contribution in [1.82, 2.24) is 15.3 Å². The Morgan fingerprint density at radius 2 is 2.12 bits per heavy atom. The van der Waals surface area contributed by atoms with Gasteiger partial charge in [0.2, 0.25) is 0 Å². The fourth-order valence-electron chi connectivity index (χ4n) is 1.68. The van der Waals surface area contributed by atoms with Gasteiger partial charge in [0, 0.05) is 12.2 Å². The first-order valence-electron chi connectivity index (χ1n) is 6.23. The van der Waals surface area contributed by atoms with Gasteiger partial charge in [-0.05, 0) is 37.8 Å². The summed E-state index contributed by atoms with van der Waals surface area (Å²) in [6.07, 6.45) is 6.98. The van der Waals surface area contributed by atoms with E-state index in [1.54, 1.807) is 6.33 Å². The van der Waals surface area contributed by atoms with Gasteiger partial charge in [0.15, 0.2) is 0 Å². The highest BCUT2D eigenvalue weighted by Crippen LogP contribution is 2.18. The highest BCUT2D eigenvalue weighted by atomic mass is 14.9. The molecule has 0 fully saturated rings. The van der Waals surface area contributed by atoms with Gasteiger partial charge in [0.05, 0.1) is 5.69 Å². The molecule has 1 aromatic heterocycles. The molecule has 0 amide bonds. The standard InChI is InChI=1S/C13H23N3/c1-4-8-15-12(6-5-11(2)3)13-7-9-14-10-16-13/h7,9-12,15H,4-6,8H2,1-3H3. The maximum atomic E-state index is 4.34. The molecule has 0 aromatic carbocycles. The third-order valence-corrected chi connectivity index (χ3v) is 2.64. The molecule has 1 rings (SSSR count). The van der Waals surface area contributed by atoms with Crippen molar-refractivity contribution < 1.29 is 0 Å². The molecule has 1 heterocycles. The Balaban J connectivity index is 2.56. The lowest BCUT2D eigenvalue weighted by molar-refractivity contribution is 0.433. The normalized spacial score (nSPS) is 13.0. The lowest BCUT2D eigenvalue weighted by atomic mass is 10.0. The van der Waals surface area contributed by atoms with E-state index in [0.29, 0.717) is 6.04 Å². The van der Waals surface area contributed by atoms with Crippen LogP contribution < -0.4 is 5.32 Å². The van der Waals surface area contributed by atoms with Gasteiger partial charge >= 0.3 is 0 Å². The van der Waals surface area contributed by atoms with Gasteiger partial charge in [-0.1, -0.05) is 20.8 Å². The van der Waals surface area contributed by atoms with Gasteiger partial charge in [-0.3, -0.25) is 0 Å². The van der Waals surface area contributed by atoms with E-state index in [9.17, 15) is 0 Å². The summed E-state index contributed by atoms with van der Waals surface area (Å²) in [4.78, 5) is 8.30. The number of hydrogen-bond donors (Lipinski definition) is 1. The highest BCUT2D eigenvalue weighted by Gasteiger charge is 2.12. The van der Waals surface area contributed by atoms with E-state index in [1.807, 2.05) is 12.3 Å². The van der Waals surface area contributed by atoms with Crippen LogP contribution in [-0.2, 0) is 0 Å². The van der Waals surface area contributed by atoms with Crippen molar-refractivity contribution in [2.45, 2.75) is 46.1 Å².